The number of nitrogens with zero attached hydrogens (tertiary/aromatic N) is 1. The van der Waals surface area contributed by atoms with E-state index in [-0.39, 0.29) is 10.5 Å². The molecule has 0 saturated carbocycles. The van der Waals surface area contributed by atoms with E-state index in [4.69, 9.17) is 22.0 Å². The molecule has 0 aromatic heterocycles. The molecule has 0 aliphatic heterocycles. The molecule has 1 amide bonds. The molecule has 0 saturated heterocycles. The van der Waals surface area contributed by atoms with Crippen molar-refractivity contribution in [3.8, 4) is 6.07 Å². The topological polar surface area (TPSA) is 125 Å². The summed E-state index contributed by atoms with van der Waals surface area (Å²) in [5.74, 6) is -0.646. The Morgan fingerprint density at radius 2 is 1.64 bits per heavy atom. The number of hydrogen-bond acceptors (Lipinski definition) is 5. The predicted octanol–water partition coefficient (Wildman–Crippen LogP) is 2.45. The Labute approximate surface area is 149 Å². The SMILES string of the molecule is N#C/C(=C/Nc1ccc(Cl)cc1)C(=O)Nc1ccc(S(N)(=O)=O)cc1. The Morgan fingerprint density at radius 3 is 2.16 bits per heavy atom. The molecule has 2 aromatic carbocycles. The largest absolute Gasteiger partial charge is 0.360 e. The molecule has 2 aromatic rings. The molecule has 0 unspecified atom stereocenters. The lowest BCUT2D eigenvalue weighted by molar-refractivity contribution is -0.112. The molecular weight excluding hydrogens is 364 g/mol. The summed E-state index contributed by atoms with van der Waals surface area (Å²) < 4.78 is 22.4. The van der Waals surface area contributed by atoms with Gasteiger partial charge in [0, 0.05) is 22.6 Å². The lowest BCUT2D eigenvalue weighted by atomic mass is 10.2. The van der Waals surface area contributed by atoms with Crippen LogP contribution in [0.25, 0.3) is 0 Å². The van der Waals surface area contributed by atoms with Gasteiger partial charge in [-0.2, -0.15) is 5.26 Å². The lowest BCUT2D eigenvalue weighted by Gasteiger charge is -2.06. The van der Waals surface area contributed by atoms with E-state index in [1.54, 1.807) is 30.3 Å². The third-order valence-electron chi connectivity index (χ3n) is 3.03. The van der Waals surface area contributed by atoms with E-state index in [9.17, 15) is 13.2 Å². The van der Waals surface area contributed by atoms with Gasteiger partial charge in [-0.05, 0) is 48.5 Å². The van der Waals surface area contributed by atoms with Crippen molar-refractivity contribution in [3.63, 3.8) is 0 Å². The second-order valence-corrected chi connectivity index (χ2v) is 6.84. The van der Waals surface area contributed by atoms with Gasteiger partial charge in [-0.25, -0.2) is 13.6 Å². The fourth-order valence-corrected chi connectivity index (χ4v) is 2.42. The molecule has 0 heterocycles. The van der Waals surface area contributed by atoms with Crippen LogP contribution in [0.3, 0.4) is 0 Å². The number of nitrogens with two attached hydrogens (primary N) is 1. The van der Waals surface area contributed by atoms with E-state index in [1.807, 2.05) is 0 Å². The van der Waals surface area contributed by atoms with Gasteiger partial charge >= 0.3 is 0 Å². The quantitative estimate of drug-likeness (QED) is 0.546. The number of sulfonamides is 1. The number of carbonyl (C=O) groups is 1. The first-order valence-corrected chi connectivity index (χ1v) is 8.78. The molecule has 7 nitrogen and oxygen atoms in total. The van der Waals surface area contributed by atoms with Crippen molar-refractivity contribution in [1.29, 1.82) is 5.26 Å². The van der Waals surface area contributed by atoms with Gasteiger partial charge in [0.05, 0.1) is 4.90 Å². The minimum absolute atomic E-state index is 0.0778. The summed E-state index contributed by atoms with van der Waals surface area (Å²) in [5.41, 5.74) is 0.818. The van der Waals surface area contributed by atoms with Crippen LogP contribution in [0.4, 0.5) is 11.4 Å². The fourth-order valence-electron chi connectivity index (χ4n) is 1.78. The first-order valence-electron chi connectivity index (χ1n) is 6.86. The average molecular weight is 377 g/mol. The normalized spacial score (nSPS) is 11.5. The maximum absolute atomic E-state index is 12.1. The summed E-state index contributed by atoms with van der Waals surface area (Å²) >= 11 is 5.78. The first-order chi connectivity index (χ1) is 11.8. The minimum atomic E-state index is -3.81. The number of carbonyl (C=O) groups excluding carboxylic acids is 1. The van der Waals surface area contributed by atoms with Gasteiger partial charge in [-0.1, -0.05) is 11.6 Å². The van der Waals surface area contributed by atoms with Gasteiger partial charge in [0.25, 0.3) is 5.91 Å². The molecular formula is C16H13ClN4O3S. The minimum Gasteiger partial charge on any atom is -0.360 e. The smallest absolute Gasteiger partial charge is 0.267 e. The van der Waals surface area contributed by atoms with Gasteiger partial charge in [0.15, 0.2) is 0 Å². The second kappa shape index (κ2) is 7.81. The Balaban J connectivity index is 2.08. The number of nitriles is 1. The van der Waals surface area contributed by atoms with Crippen LogP contribution in [-0.2, 0) is 14.8 Å². The lowest BCUT2D eigenvalue weighted by Crippen LogP contribution is -2.15. The number of hydrogen-bond donors (Lipinski definition) is 3. The summed E-state index contributed by atoms with van der Waals surface area (Å²) in [4.78, 5) is 12.0. The van der Waals surface area contributed by atoms with Gasteiger partial charge < -0.3 is 10.6 Å². The van der Waals surface area contributed by atoms with Gasteiger partial charge in [-0.3, -0.25) is 4.79 Å². The van der Waals surface area contributed by atoms with Crippen LogP contribution in [0.5, 0.6) is 0 Å². The van der Waals surface area contributed by atoms with Crippen molar-refractivity contribution in [3.05, 3.63) is 65.3 Å². The zero-order chi connectivity index (χ0) is 18.4. The zero-order valence-electron chi connectivity index (χ0n) is 12.7. The van der Waals surface area contributed by atoms with E-state index >= 15 is 0 Å². The molecule has 25 heavy (non-hydrogen) atoms. The van der Waals surface area contributed by atoms with Gasteiger partial charge in [0.1, 0.15) is 11.6 Å². The molecule has 0 spiro atoms. The van der Waals surface area contributed by atoms with Crippen LogP contribution in [0, 0.1) is 11.3 Å². The van der Waals surface area contributed by atoms with Crippen LogP contribution in [0.2, 0.25) is 5.02 Å². The molecule has 9 heteroatoms. The van der Waals surface area contributed by atoms with Crippen LogP contribution < -0.4 is 15.8 Å². The average Bonchev–Trinajstić information content (AvgIpc) is 2.56. The molecule has 0 bridgehead atoms. The summed E-state index contributed by atoms with van der Waals surface area (Å²) in [5, 5.41) is 20.0. The number of rotatable bonds is 5. The number of anilines is 2. The van der Waals surface area contributed by atoms with Crippen molar-refractivity contribution in [2.24, 2.45) is 5.14 Å². The number of primary sulfonamides is 1. The van der Waals surface area contributed by atoms with E-state index < -0.39 is 15.9 Å². The van der Waals surface area contributed by atoms with Crippen molar-refractivity contribution in [2.75, 3.05) is 10.6 Å². The third kappa shape index (κ3) is 5.32. The van der Waals surface area contributed by atoms with E-state index in [2.05, 4.69) is 10.6 Å². The van der Waals surface area contributed by atoms with Gasteiger partial charge in [0.2, 0.25) is 10.0 Å². The van der Waals surface area contributed by atoms with Crippen LogP contribution in [-0.4, -0.2) is 14.3 Å². The van der Waals surface area contributed by atoms with Crippen molar-refractivity contribution < 1.29 is 13.2 Å². The predicted molar refractivity (Wildman–Crippen MR) is 95.2 cm³/mol. The number of benzene rings is 2. The standard InChI is InChI=1S/C16H13ClN4O3S/c17-12-1-3-13(4-2-12)20-10-11(9-18)16(22)21-14-5-7-15(8-6-14)25(19,23)24/h1-8,10,20H,(H,21,22)(H2,19,23,24)/b11-10-. The third-order valence-corrected chi connectivity index (χ3v) is 4.21. The Hall–Kier alpha value is -2.86. The molecule has 0 radical (unpaired) electrons. The van der Waals surface area contributed by atoms with E-state index in [0.29, 0.717) is 16.4 Å². The maximum atomic E-state index is 12.1. The van der Waals surface area contributed by atoms with E-state index in [1.165, 1.54) is 30.5 Å². The molecule has 0 atom stereocenters. The van der Waals surface area contributed by atoms with Crippen LogP contribution >= 0.6 is 11.6 Å². The first kappa shape index (κ1) is 18.5. The highest BCUT2D eigenvalue weighted by molar-refractivity contribution is 7.89. The maximum Gasteiger partial charge on any atom is 0.267 e. The Morgan fingerprint density at radius 1 is 1.08 bits per heavy atom. The fraction of sp³-hybridized carbons (Fsp3) is 0. The van der Waals surface area contributed by atoms with Gasteiger partial charge in [-0.15, -0.1) is 0 Å². The summed E-state index contributed by atoms with van der Waals surface area (Å²) in [6.45, 7) is 0. The van der Waals surface area contributed by atoms with Crippen LogP contribution in [0.15, 0.2) is 65.2 Å². The number of halogens is 1. The molecule has 0 fully saturated rings. The molecule has 128 valence electrons. The molecule has 0 aliphatic rings. The highest BCUT2D eigenvalue weighted by Crippen LogP contribution is 2.15. The number of amides is 1. The highest BCUT2D eigenvalue weighted by Gasteiger charge is 2.11. The molecule has 0 aliphatic carbocycles. The summed E-state index contributed by atoms with van der Waals surface area (Å²) in [6, 6.07) is 13.8. The highest BCUT2D eigenvalue weighted by atomic mass is 35.5. The monoisotopic (exact) mass is 376 g/mol. The number of nitrogens with one attached hydrogen (secondary N) is 2. The Bertz CT molecular complexity index is 946. The molecule has 2 rings (SSSR count). The van der Waals surface area contributed by atoms with Crippen molar-refractivity contribution >= 4 is 38.9 Å². The van der Waals surface area contributed by atoms with E-state index in [0.717, 1.165) is 0 Å². The molecule has 4 N–H and O–H groups in total. The van der Waals surface area contributed by atoms with Crippen molar-refractivity contribution in [1.82, 2.24) is 0 Å². The Kier molecular flexibility index (Phi) is 5.77. The summed E-state index contributed by atoms with van der Waals surface area (Å²) in [7, 11) is -3.81. The zero-order valence-corrected chi connectivity index (χ0v) is 14.3. The van der Waals surface area contributed by atoms with Crippen LogP contribution in [0.1, 0.15) is 0 Å². The summed E-state index contributed by atoms with van der Waals surface area (Å²) in [6.07, 6.45) is 1.26. The second-order valence-electron chi connectivity index (χ2n) is 4.84. The van der Waals surface area contributed by atoms with Crippen molar-refractivity contribution in [2.45, 2.75) is 4.90 Å².